The second-order valence-corrected chi connectivity index (χ2v) is 10.7. The molecule has 0 saturated carbocycles. The summed E-state index contributed by atoms with van der Waals surface area (Å²) < 4.78 is 39.8. The second-order valence-electron chi connectivity index (χ2n) is 7.00. The summed E-state index contributed by atoms with van der Waals surface area (Å²) in [4.78, 5) is 7.16. The van der Waals surface area contributed by atoms with Gasteiger partial charge in [-0.2, -0.15) is 4.31 Å². The molecular weight excluding hydrogens is 454 g/mol. The number of hydrogen-bond donors (Lipinski definition) is 0. The van der Waals surface area contributed by atoms with Crippen molar-refractivity contribution in [1.82, 2.24) is 8.87 Å². The average molecular weight is 480 g/mol. The molecule has 0 radical (unpaired) electrons. The van der Waals surface area contributed by atoms with E-state index in [1.807, 2.05) is 6.07 Å². The number of methoxy groups -OCH3 is 1. The van der Waals surface area contributed by atoms with E-state index in [0.717, 1.165) is 29.1 Å². The van der Waals surface area contributed by atoms with E-state index in [-0.39, 0.29) is 4.90 Å². The van der Waals surface area contributed by atoms with Crippen LogP contribution in [0.15, 0.2) is 57.0 Å². The zero-order valence-corrected chi connectivity index (χ0v) is 19.7. The highest BCUT2D eigenvalue weighted by molar-refractivity contribution is 7.89. The van der Waals surface area contributed by atoms with Crippen LogP contribution in [0.4, 0.5) is 5.69 Å². The number of thiophene rings is 1. The molecule has 0 N–H and O–H groups in total. The van der Waals surface area contributed by atoms with Crippen LogP contribution in [0.25, 0.3) is 10.6 Å². The van der Waals surface area contributed by atoms with E-state index in [9.17, 15) is 8.42 Å². The standard InChI is InChI=1S/C21H25N3O4S3/c1-27-12-3-9-24-19(20-4-2-15-29-20)16-30-21(24)22-17-5-7-18(8-6-17)31(25,26)23-10-13-28-14-11-23/h2,4-8,15-16H,3,9-14H2,1H3. The molecule has 1 aliphatic heterocycles. The van der Waals surface area contributed by atoms with Crippen molar-refractivity contribution >= 4 is 38.4 Å². The van der Waals surface area contributed by atoms with Crippen molar-refractivity contribution in [2.75, 3.05) is 40.0 Å². The number of ether oxygens (including phenoxy) is 2. The minimum Gasteiger partial charge on any atom is -0.385 e. The molecular formula is C21H25N3O4S3. The maximum atomic E-state index is 12.8. The average Bonchev–Trinajstić information content (AvgIpc) is 3.45. The Bertz CT molecular complexity index is 1140. The number of morpholine rings is 1. The molecule has 4 rings (SSSR count). The van der Waals surface area contributed by atoms with Crippen LogP contribution < -0.4 is 4.80 Å². The third kappa shape index (κ3) is 5.16. The highest BCUT2D eigenvalue weighted by Gasteiger charge is 2.26. The highest BCUT2D eigenvalue weighted by atomic mass is 32.2. The molecule has 0 spiro atoms. The van der Waals surface area contributed by atoms with Crippen molar-refractivity contribution in [3.8, 4) is 10.6 Å². The summed E-state index contributed by atoms with van der Waals surface area (Å²) in [5.74, 6) is 0. The van der Waals surface area contributed by atoms with E-state index in [2.05, 4.69) is 21.4 Å². The Morgan fingerprint density at radius 1 is 1.13 bits per heavy atom. The van der Waals surface area contributed by atoms with Gasteiger partial charge in [0, 0.05) is 38.7 Å². The maximum absolute atomic E-state index is 12.8. The summed E-state index contributed by atoms with van der Waals surface area (Å²) in [7, 11) is -1.80. The number of aromatic nitrogens is 1. The smallest absolute Gasteiger partial charge is 0.243 e. The predicted molar refractivity (Wildman–Crippen MR) is 123 cm³/mol. The first-order chi connectivity index (χ1) is 15.1. The number of benzene rings is 1. The van der Waals surface area contributed by atoms with E-state index in [4.69, 9.17) is 14.5 Å². The summed E-state index contributed by atoms with van der Waals surface area (Å²) in [5.41, 5.74) is 1.86. The van der Waals surface area contributed by atoms with E-state index in [1.165, 1.54) is 9.18 Å². The van der Waals surface area contributed by atoms with Crippen molar-refractivity contribution < 1.29 is 17.9 Å². The second kappa shape index (κ2) is 10.2. The molecule has 7 nitrogen and oxygen atoms in total. The molecule has 0 unspecified atom stereocenters. The lowest BCUT2D eigenvalue weighted by Crippen LogP contribution is -2.40. The van der Waals surface area contributed by atoms with Gasteiger partial charge < -0.3 is 14.0 Å². The van der Waals surface area contributed by atoms with Crippen LogP contribution in [0.1, 0.15) is 6.42 Å². The Morgan fingerprint density at radius 2 is 1.90 bits per heavy atom. The Balaban J connectivity index is 1.62. The van der Waals surface area contributed by atoms with Crippen LogP contribution in [-0.4, -0.2) is 57.3 Å². The fourth-order valence-corrected chi connectivity index (χ4v) is 6.54. The molecule has 1 aromatic carbocycles. The SMILES string of the molecule is COCCCn1c(-c2cccs2)csc1=Nc1ccc(S(=O)(=O)N2CCOCC2)cc1. The van der Waals surface area contributed by atoms with Crippen molar-refractivity contribution in [3.05, 3.63) is 52.0 Å². The van der Waals surface area contributed by atoms with E-state index in [1.54, 1.807) is 54.0 Å². The number of rotatable bonds is 8. The molecule has 0 atom stereocenters. The largest absolute Gasteiger partial charge is 0.385 e. The summed E-state index contributed by atoms with van der Waals surface area (Å²) in [6.07, 6.45) is 0.884. The Hall–Kier alpha value is -1.82. The minimum atomic E-state index is -3.50. The van der Waals surface area contributed by atoms with Gasteiger partial charge in [-0.05, 0) is 42.1 Å². The van der Waals surface area contributed by atoms with E-state index >= 15 is 0 Å². The molecule has 31 heavy (non-hydrogen) atoms. The Labute approximate surface area is 190 Å². The Kier molecular flexibility index (Phi) is 7.36. The van der Waals surface area contributed by atoms with Crippen molar-refractivity contribution in [3.63, 3.8) is 0 Å². The van der Waals surface area contributed by atoms with Crippen molar-refractivity contribution in [2.24, 2.45) is 4.99 Å². The van der Waals surface area contributed by atoms with E-state index < -0.39 is 10.0 Å². The van der Waals surface area contributed by atoms with Crippen LogP contribution in [0.2, 0.25) is 0 Å². The third-order valence-electron chi connectivity index (χ3n) is 4.97. The van der Waals surface area contributed by atoms with Gasteiger partial charge in [0.25, 0.3) is 0 Å². The predicted octanol–water partition coefficient (Wildman–Crippen LogP) is 3.57. The van der Waals surface area contributed by atoms with Gasteiger partial charge in [0.1, 0.15) is 0 Å². The van der Waals surface area contributed by atoms with E-state index in [0.29, 0.717) is 32.9 Å². The first-order valence-corrected chi connectivity index (χ1v) is 13.2. The van der Waals surface area contributed by atoms with Crippen LogP contribution in [0.5, 0.6) is 0 Å². The van der Waals surface area contributed by atoms with Gasteiger partial charge in [0.15, 0.2) is 4.80 Å². The van der Waals surface area contributed by atoms with Gasteiger partial charge in [0.2, 0.25) is 10.0 Å². The number of hydrogen-bond acceptors (Lipinski definition) is 7. The lowest BCUT2D eigenvalue weighted by molar-refractivity contribution is 0.0730. The minimum absolute atomic E-state index is 0.284. The molecule has 3 heterocycles. The third-order valence-corrected chi connectivity index (χ3v) is 8.64. The lowest BCUT2D eigenvalue weighted by Gasteiger charge is -2.26. The summed E-state index contributed by atoms with van der Waals surface area (Å²) in [6, 6.07) is 10.9. The molecule has 1 saturated heterocycles. The van der Waals surface area contributed by atoms with Gasteiger partial charge in [-0.1, -0.05) is 6.07 Å². The van der Waals surface area contributed by atoms with Gasteiger partial charge >= 0.3 is 0 Å². The number of sulfonamides is 1. The van der Waals surface area contributed by atoms with Gasteiger partial charge in [-0.25, -0.2) is 13.4 Å². The van der Waals surface area contributed by atoms with Gasteiger partial charge in [0.05, 0.1) is 34.4 Å². The zero-order valence-electron chi connectivity index (χ0n) is 17.3. The summed E-state index contributed by atoms with van der Waals surface area (Å²) in [6.45, 7) is 3.11. The molecule has 10 heteroatoms. The fourth-order valence-electron chi connectivity index (χ4n) is 3.36. The quantitative estimate of drug-likeness (QED) is 0.463. The fraction of sp³-hybridized carbons (Fsp3) is 0.381. The molecule has 1 aliphatic rings. The first-order valence-electron chi connectivity index (χ1n) is 10.0. The van der Waals surface area contributed by atoms with Crippen LogP contribution in [-0.2, 0) is 26.0 Å². The van der Waals surface area contributed by atoms with Crippen LogP contribution >= 0.6 is 22.7 Å². The molecule has 2 aromatic heterocycles. The van der Waals surface area contributed by atoms with Crippen molar-refractivity contribution in [2.45, 2.75) is 17.9 Å². The number of nitrogens with zero attached hydrogens (tertiary/aromatic N) is 3. The normalized spacial score (nSPS) is 16.1. The first kappa shape index (κ1) is 22.4. The monoisotopic (exact) mass is 479 g/mol. The lowest BCUT2D eigenvalue weighted by atomic mass is 10.3. The molecule has 0 amide bonds. The van der Waals surface area contributed by atoms with Crippen LogP contribution in [0.3, 0.4) is 0 Å². The summed E-state index contributed by atoms with van der Waals surface area (Å²) >= 11 is 3.28. The van der Waals surface area contributed by atoms with Crippen molar-refractivity contribution in [1.29, 1.82) is 0 Å². The maximum Gasteiger partial charge on any atom is 0.243 e. The summed E-state index contributed by atoms with van der Waals surface area (Å²) in [5, 5.41) is 4.19. The van der Waals surface area contributed by atoms with Crippen LogP contribution in [0, 0.1) is 0 Å². The molecule has 1 fully saturated rings. The highest BCUT2D eigenvalue weighted by Crippen LogP contribution is 2.26. The molecule has 3 aromatic rings. The molecule has 0 aliphatic carbocycles. The van der Waals surface area contributed by atoms with Gasteiger partial charge in [-0.3, -0.25) is 0 Å². The zero-order chi connectivity index (χ0) is 21.7. The van der Waals surface area contributed by atoms with Gasteiger partial charge in [-0.15, -0.1) is 22.7 Å². The molecule has 166 valence electrons. The number of thiazole rings is 1. The topological polar surface area (TPSA) is 73.1 Å². The molecule has 0 bridgehead atoms. The Morgan fingerprint density at radius 3 is 2.58 bits per heavy atom.